The van der Waals surface area contributed by atoms with E-state index >= 15 is 0 Å². The maximum Gasteiger partial charge on any atom is 0.303 e. The second-order valence-corrected chi connectivity index (χ2v) is 5.17. The molecule has 20 heavy (non-hydrogen) atoms. The predicted molar refractivity (Wildman–Crippen MR) is 79.4 cm³/mol. The van der Waals surface area contributed by atoms with E-state index in [2.05, 4.69) is 29.2 Å². The van der Waals surface area contributed by atoms with Crippen molar-refractivity contribution in [1.29, 1.82) is 0 Å². The number of carboxylic acid groups (broad SMARTS) is 1. The van der Waals surface area contributed by atoms with Gasteiger partial charge in [-0.2, -0.15) is 0 Å². The Balaban J connectivity index is 1.94. The molecule has 2 aromatic rings. The summed E-state index contributed by atoms with van der Waals surface area (Å²) >= 11 is 0. The molecule has 2 rings (SSSR count). The lowest BCUT2D eigenvalue weighted by Crippen LogP contribution is -2.05. The number of nitrogens with zero attached hydrogens (tertiary/aromatic N) is 1. The first-order chi connectivity index (χ1) is 9.65. The Morgan fingerprint density at radius 3 is 2.30 bits per heavy atom. The smallest absolute Gasteiger partial charge is 0.303 e. The van der Waals surface area contributed by atoms with Gasteiger partial charge in [0.25, 0.3) is 0 Å². The van der Waals surface area contributed by atoms with Crippen molar-refractivity contribution in [1.82, 2.24) is 4.98 Å². The van der Waals surface area contributed by atoms with E-state index in [9.17, 15) is 4.79 Å². The van der Waals surface area contributed by atoms with E-state index in [0.29, 0.717) is 0 Å². The minimum Gasteiger partial charge on any atom is -0.481 e. The zero-order valence-electron chi connectivity index (χ0n) is 11.6. The molecule has 0 amide bonds. The highest BCUT2D eigenvalue weighted by Crippen LogP contribution is 2.20. The van der Waals surface area contributed by atoms with Gasteiger partial charge in [0.2, 0.25) is 0 Å². The molecule has 0 saturated carbocycles. The Bertz CT molecular complexity index is 549. The summed E-state index contributed by atoms with van der Waals surface area (Å²) in [5, 5.41) is 8.74. The molecule has 1 atom stereocenters. The monoisotopic (exact) mass is 269 g/mol. The van der Waals surface area contributed by atoms with Gasteiger partial charge in [-0.05, 0) is 47.6 Å². The van der Waals surface area contributed by atoms with Crippen LogP contribution in [0.25, 0.3) is 11.1 Å². The average Bonchev–Trinajstić information content (AvgIpc) is 2.46. The molecule has 0 bridgehead atoms. The lowest BCUT2D eigenvalue weighted by atomic mass is 9.97. The van der Waals surface area contributed by atoms with Crippen molar-refractivity contribution in [2.75, 3.05) is 0 Å². The Labute approximate surface area is 119 Å². The quantitative estimate of drug-likeness (QED) is 0.868. The number of carbonyl (C=O) groups is 1. The van der Waals surface area contributed by atoms with Gasteiger partial charge in [-0.3, -0.25) is 9.78 Å². The van der Waals surface area contributed by atoms with Crippen LogP contribution in [0.4, 0.5) is 0 Å². The third kappa shape index (κ3) is 4.19. The molecule has 0 aliphatic rings. The maximum atomic E-state index is 10.6. The van der Waals surface area contributed by atoms with Crippen molar-refractivity contribution in [3.8, 4) is 11.1 Å². The summed E-state index contributed by atoms with van der Waals surface area (Å²) in [6, 6.07) is 12.4. The largest absolute Gasteiger partial charge is 0.481 e. The van der Waals surface area contributed by atoms with Crippen molar-refractivity contribution < 1.29 is 9.90 Å². The summed E-state index contributed by atoms with van der Waals surface area (Å²) in [4.78, 5) is 14.6. The Morgan fingerprint density at radius 1 is 1.10 bits per heavy atom. The first kappa shape index (κ1) is 14.3. The molecule has 0 fully saturated rings. The number of rotatable bonds is 6. The van der Waals surface area contributed by atoms with Gasteiger partial charge in [0, 0.05) is 18.8 Å². The molecule has 104 valence electrons. The number of aryl methyl sites for hydroxylation is 1. The molecule has 0 saturated heterocycles. The molecule has 1 unspecified atom stereocenters. The molecule has 1 heterocycles. The summed E-state index contributed by atoms with van der Waals surface area (Å²) in [7, 11) is 0. The molecule has 0 aliphatic carbocycles. The minimum absolute atomic E-state index is 0.215. The van der Waals surface area contributed by atoms with Gasteiger partial charge >= 0.3 is 5.97 Å². The van der Waals surface area contributed by atoms with Gasteiger partial charge in [0.1, 0.15) is 0 Å². The van der Waals surface area contributed by atoms with Gasteiger partial charge in [-0.1, -0.05) is 31.2 Å². The fourth-order valence-electron chi connectivity index (χ4n) is 2.22. The average molecular weight is 269 g/mol. The number of pyridine rings is 1. The number of hydrogen-bond donors (Lipinski definition) is 1. The number of benzene rings is 1. The van der Waals surface area contributed by atoms with Crippen LogP contribution in [0, 0.1) is 5.92 Å². The van der Waals surface area contributed by atoms with Crippen LogP contribution >= 0.6 is 0 Å². The van der Waals surface area contributed by atoms with Crippen LogP contribution in [0.1, 0.15) is 25.3 Å². The molecule has 1 aromatic carbocycles. The minimum atomic E-state index is -0.717. The van der Waals surface area contributed by atoms with E-state index in [1.807, 2.05) is 19.1 Å². The molecule has 3 nitrogen and oxygen atoms in total. The summed E-state index contributed by atoms with van der Waals surface area (Å²) in [5.74, 6) is -0.502. The van der Waals surface area contributed by atoms with E-state index in [4.69, 9.17) is 5.11 Å². The fraction of sp³-hybridized carbons (Fsp3) is 0.294. The van der Waals surface area contributed by atoms with Crippen LogP contribution in [-0.2, 0) is 11.2 Å². The van der Waals surface area contributed by atoms with Gasteiger partial charge in [0.15, 0.2) is 0 Å². The highest BCUT2D eigenvalue weighted by Gasteiger charge is 2.07. The van der Waals surface area contributed by atoms with Crippen molar-refractivity contribution in [2.24, 2.45) is 5.92 Å². The predicted octanol–water partition coefficient (Wildman–Crippen LogP) is 3.79. The highest BCUT2D eigenvalue weighted by atomic mass is 16.4. The van der Waals surface area contributed by atoms with Crippen LogP contribution in [-0.4, -0.2) is 16.1 Å². The molecule has 3 heteroatoms. The Morgan fingerprint density at radius 2 is 1.70 bits per heavy atom. The third-order valence-corrected chi connectivity index (χ3v) is 3.42. The molecule has 0 spiro atoms. The Kier molecular flexibility index (Phi) is 4.88. The van der Waals surface area contributed by atoms with Crippen LogP contribution in [0.3, 0.4) is 0 Å². The zero-order chi connectivity index (χ0) is 14.4. The SMILES string of the molecule is CC(CCc1ccc(-c2ccncc2)cc1)CC(=O)O. The lowest BCUT2D eigenvalue weighted by Gasteiger charge is -2.09. The maximum absolute atomic E-state index is 10.6. The summed E-state index contributed by atoms with van der Waals surface area (Å²) < 4.78 is 0. The van der Waals surface area contributed by atoms with E-state index in [1.165, 1.54) is 11.1 Å². The molecule has 1 aromatic heterocycles. The van der Waals surface area contributed by atoms with E-state index < -0.39 is 5.97 Å². The number of carboxylic acids is 1. The second kappa shape index (κ2) is 6.85. The standard InChI is InChI=1S/C17H19NO2/c1-13(12-17(19)20)2-3-14-4-6-15(7-5-14)16-8-10-18-11-9-16/h4-11,13H,2-3,12H2,1H3,(H,19,20). The van der Waals surface area contributed by atoms with E-state index in [-0.39, 0.29) is 12.3 Å². The first-order valence-corrected chi connectivity index (χ1v) is 6.86. The van der Waals surface area contributed by atoms with Gasteiger partial charge in [-0.15, -0.1) is 0 Å². The van der Waals surface area contributed by atoms with Crippen LogP contribution in [0.2, 0.25) is 0 Å². The van der Waals surface area contributed by atoms with Gasteiger partial charge in [0.05, 0.1) is 0 Å². The van der Waals surface area contributed by atoms with Gasteiger partial charge in [-0.25, -0.2) is 0 Å². The normalized spacial score (nSPS) is 12.1. The van der Waals surface area contributed by atoms with Crippen molar-refractivity contribution in [3.05, 3.63) is 54.4 Å². The summed E-state index contributed by atoms with van der Waals surface area (Å²) in [6.45, 7) is 1.99. The highest BCUT2D eigenvalue weighted by molar-refractivity contribution is 5.67. The zero-order valence-corrected chi connectivity index (χ0v) is 11.6. The molecule has 0 aliphatic heterocycles. The fourth-order valence-corrected chi connectivity index (χ4v) is 2.22. The van der Waals surface area contributed by atoms with Crippen molar-refractivity contribution >= 4 is 5.97 Å². The first-order valence-electron chi connectivity index (χ1n) is 6.86. The summed E-state index contributed by atoms with van der Waals surface area (Å²) in [6.07, 6.45) is 5.65. The van der Waals surface area contributed by atoms with Crippen LogP contribution in [0.5, 0.6) is 0 Å². The summed E-state index contributed by atoms with van der Waals surface area (Å²) in [5.41, 5.74) is 3.58. The third-order valence-electron chi connectivity index (χ3n) is 3.42. The number of aliphatic carboxylic acids is 1. The van der Waals surface area contributed by atoms with Crippen molar-refractivity contribution in [2.45, 2.75) is 26.2 Å². The van der Waals surface area contributed by atoms with Crippen molar-refractivity contribution in [3.63, 3.8) is 0 Å². The van der Waals surface area contributed by atoms with E-state index in [0.717, 1.165) is 18.4 Å². The lowest BCUT2D eigenvalue weighted by molar-refractivity contribution is -0.138. The second-order valence-electron chi connectivity index (χ2n) is 5.17. The van der Waals surface area contributed by atoms with E-state index in [1.54, 1.807) is 12.4 Å². The topological polar surface area (TPSA) is 50.2 Å². The molecular formula is C17H19NO2. The number of aromatic nitrogens is 1. The molecule has 0 radical (unpaired) electrons. The van der Waals surface area contributed by atoms with Crippen LogP contribution < -0.4 is 0 Å². The van der Waals surface area contributed by atoms with Crippen LogP contribution in [0.15, 0.2) is 48.8 Å². The molecule has 1 N–H and O–H groups in total. The molecular weight excluding hydrogens is 250 g/mol. The Hall–Kier alpha value is -2.16. The van der Waals surface area contributed by atoms with Gasteiger partial charge < -0.3 is 5.11 Å². The number of hydrogen-bond acceptors (Lipinski definition) is 2.